The van der Waals surface area contributed by atoms with Gasteiger partial charge in [-0.15, -0.1) is 0 Å². The van der Waals surface area contributed by atoms with Gasteiger partial charge in [-0.2, -0.15) is 0 Å². The van der Waals surface area contributed by atoms with E-state index in [0.29, 0.717) is 22.3 Å². The van der Waals surface area contributed by atoms with Gasteiger partial charge in [-0.1, -0.05) is 23.2 Å². The number of urea groups is 1. The smallest absolute Gasteiger partial charge is 0.317 e. The quantitative estimate of drug-likeness (QED) is 0.836. The normalized spacial score (nSPS) is 18.2. The predicted molar refractivity (Wildman–Crippen MR) is 79.1 cm³/mol. The summed E-state index contributed by atoms with van der Waals surface area (Å²) in [7, 11) is 0. The Kier molecular flexibility index (Phi) is 4.23. The number of benzene rings is 1. The van der Waals surface area contributed by atoms with E-state index in [1.807, 2.05) is 13.8 Å². The van der Waals surface area contributed by atoms with Crippen LogP contribution in [0.15, 0.2) is 18.2 Å². The Balaban J connectivity index is 2.14. The zero-order valence-corrected chi connectivity index (χ0v) is 12.5. The minimum absolute atomic E-state index is 0.157. The first-order valence-electron chi connectivity index (χ1n) is 6.14. The molecule has 2 N–H and O–H groups in total. The van der Waals surface area contributed by atoms with E-state index in [9.17, 15) is 4.79 Å². The number of hydrogen-bond acceptors (Lipinski definition) is 2. The lowest BCUT2D eigenvalue weighted by Crippen LogP contribution is -2.60. The second kappa shape index (κ2) is 5.57. The summed E-state index contributed by atoms with van der Waals surface area (Å²) in [5.41, 5.74) is 0.307. The van der Waals surface area contributed by atoms with Crippen molar-refractivity contribution >= 4 is 34.9 Å². The van der Waals surface area contributed by atoms with Crippen molar-refractivity contribution in [1.29, 1.82) is 0 Å². The van der Waals surface area contributed by atoms with Gasteiger partial charge in [0.2, 0.25) is 0 Å². The fourth-order valence-electron chi connectivity index (χ4n) is 2.14. The Bertz CT molecular complexity index is 491. The third-order valence-corrected chi connectivity index (χ3v) is 3.78. The highest BCUT2D eigenvalue weighted by atomic mass is 35.5. The third kappa shape index (κ3) is 3.32. The lowest BCUT2D eigenvalue weighted by molar-refractivity contribution is 0.123. The number of carbonyl (C=O) groups is 1. The number of nitrogens with zero attached hydrogens (tertiary/aromatic N) is 1. The highest BCUT2D eigenvalue weighted by Gasteiger charge is 2.33. The minimum atomic E-state index is -0.229. The molecule has 2 rings (SSSR count). The van der Waals surface area contributed by atoms with E-state index in [-0.39, 0.29) is 11.6 Å². The van der Waals surface area contributed by atoms with Crippen LogP contribution in [-0.2, 0) is 0 Å². The maximum absolute atomic E-state index is 12.3. The van der Waals surface area contributed by atoms with Gasteiger partial charge in [0, 0.05) is 24.7 Å². The maximum atomic E-state index is 12.3. The molecule has 104 valence electrons. The molecule has 1 aromatic rings. The molecule has 0 aromatic heterocycles. The van der Waals surface area contributed by atoms with E-state index in [1.165, 1.54) is 0 Å². The van der Waals surface area contributed by atoms with Crippen molar-refractivity contribution in [1.82, 2.24) is 10.2 Å². The molecule has 4 nitrogen and oxygen atoms in total. The molecule has 1 aromatic carbocycles. The fourth-order valence-corrected chi connectivity index (χ4v) is 2.47. The second-order valence-electron chi connectivity index (χ2n) is 5.20. The largest absolute Gasteiger partial charge is 0.322 e. The molecule has 1 heterocycles. The summed E-state index contributed by atoms with van der Waals surface area (Å²) in [6.07, 6.45) is 0. The predicted octanol–water partition coefficient (Wildman–Crippen LogP) is 3.21. The van der Waals surface area contributed by atoms with Crippen molar-refractivity contribution in [3.63, 3.8) is 0 Å². The lowest BCUT2D eigenvalue weighted by Gasteiger charge is -2.42. The average molecular weight is 302 g/mol. The number of amides is 2. The fraction of sp³-hybridized carbons (Fsp3) is 0.462. The van der Waals surface area contributed by atoms with E-state index in [0.717, 1.165) is 13.1 Å². The van der Waals surface area contributed by atoms with Crippen LogP contribution in [0.25, 0.3) is 0 Å². The molecule has 1 aliphatic heterocycles. The summed E-state index contributed by atoms with van der Waals surface area (Å²) in [6.45, 7) is 6.28. The molecule has 0 unspecified atom stereocenters. The van der Waals surface area contributed by atoms with E-state index < -0.39 is 0 Å². The van der Waals surface area contributed by atoms with Crippen LogP contribution >= 0.6 is 23.2 Å². The SMILES string of the molecule is CC1(C)CNCCN1C(=O)Nc1cc(Cl)ccc1Cl. The monoisotopic (exact) mass is 301 g/mol. The zero-order chi connectivity index (χ0) is 14.0. The Hall–Kier alpha value is -0.970. The van der Waals surface area contributed by atoms with Gasteiger partial charge >= 0.3 is 6.03 Å². The minimum Gasteiger partial charge on any atom is -0.317 e. The molecule has 0 radical (unpaired) electrons. The average Bonchev–Trinajstić information content (AvgIpc) is 2.33. The summed E-state index contributed by atoms with van der Waals surface area (Å²) in [5, 5.41) is 7.11. The molecule has 6 heteroatoms. The first kappa shape index (κ1) is 14.4. The Labute approximate surface area is 123 Å². The summed E-state index contributed by atoms with van der Waals surface area (Å²) >= 11 is 12.0. The number of hydrogen-bond donors (Lipinski definition) is 2. The van der Waals surface area contributed by atoms with Crippen LogP contribution in [0.2, 0.25) is 10.0 Å². The van der Waals surface area contributed by atoms with E-state index in [4.69, 9.17) is 23.2 Å². The van der Waals surface area contributed by atoms with E-state index in [2.05, 4.69) is 10.6 Å². The number of piperazine rings is 1. The van der Waals surface area contributed by atoms with Gasteiger partial charge in [0.1, 0.15) is 0 Å². The summed E-state index contributed by atoms with van der Waals surface area (Å²) < 4.78 is 0. The molecule has 0 spiro atoms. The van der Waals surface area contributed by atoms with Crippen molar-refractivity contribution < 1.29 is 4.79 Å². The van der Waals surface area contributed by atoms with Crippen LogP contribution in [0.3, 0.4) is 0 Å². The van der Waals surface area contributed by atoms with Crippen LogP contribution in [0.5, 0.6) is 0 Å². The van der Waals surface area contributed by atoms with Gasteiger partial charge in [0.05, 0.1) is 16.2 Å². The third-order valence-electron chi connectivity index (χ3n) is 3.22. The summed E-state index contributed by atoms with van der Waals surface area (Å²) in [6, 6.07) is 4.85. The van der Waals surface area contributed by atoms with Crippen molar-refractivity contribution in [3.8, 4) is 0 Å². The standard InChI is InChI=1S/C13H17Cl2N3O/c1-13(2)8-16-5-6-18(13)12(19)17-11-7-9(14)3-4-10(11)15/h3-4,7,16H,5-6,8H2,1-2H3,(H,17,19). The van der Waals surface area contributed by atoms with Gasteiger partial charge in [0.15, 0.2) is 0 Å². The molecule has 2 amide bonds. The van der Waals surface area contributed by atoms with Gasteiger partial charge in [-0.3, -0.25) is 0 Å². The Morgan fingerprint density at radius 3 is 2.84 bits per heavy atom. The van der Waals surface area contributed by atoms with Crippen LogP contribution in [0, 0.1) is 0 Å². The van der Waals surface area contributed by atoms with Crippen molar-refractivity contribution in [2.75, 3.05) is 25.0 Å². The molecule has 0 atom stereocenters. The van der Waals surface area contributed by atoms with Gasteiger partial charge < -0.3 is 15.5 Å². The topological polar surface area (TPSA) is 44.4 Å². The van der Waals surface area contributed by atoms with Crippen LogP contribution in [-0.4, -0.2) is 36.1 Å². The summed E-state index contributed by atoms with van der Waals surface area (Å²) in [4.78, 5) is 14.1. The number of halogens is 2. The molecule has 1 aliphatic rings. The van der Waals surface area contributed by atoms with Gasteiger partial charge in [-0.25, -0.2) is 4.79 Å². The summed E-state index contributed by atoms with van der Waals surface area (Å²) in [5.74, 6) is 0. The molecule has 0 aliphatic carbocycles. The second-order valence-corrected chi connectivity index (χ2v) is 6.04. The maximum Gasteiger partial charge on any atom is 0.322 e. The number of nitrogens with one attached hydrogen (secondary N) is 2. The number of carbonyl (C=O) groups excluding carboxylic acids is 1. The van der Waals surface area contributed by atoms with E-state index >= 15 is 0 Å². The lowest BCUT2D eigenvalue weighted by atomic mass is 10.0. The van der Waals surface area contributed by atoms with Crippen LogP contribution in [0.1, 0.15) is 13.8 Å². The first-order chi connectivity index (χ1) is 8.90. The number of anilines is 1. The van der Waals surface area contributed by atoms with E-state index in [1.54, 1.807) is 23.1 Å². The van der Waals surface area contributed by atoms with Crippen LogP contribution in [0.4, 0.5) is 10.5 Å². The molecule has 19 heavy (non-hydrogen) atoms. The zero-order valence-electron chi connectivity index (χ0n) is 11.0. The Morgan fingerprint density at radius 2 is 2.16 bits per heavy atom. The highest BCUT2D eigenvalue weighted by molar-refractivity contribution is 6.35. The van der Waals surface area contributed by atoms with Crippen molar-refractivity contribution in [2.24, 2.45) is 0 Å². The van der Waals surface area contributed by atoms with Crippen molar-refractivity contribution in [2.45, 2.75) is 19.4 Å². The molecule has 0 bridgehead atoms. The molecule has 1 saturated heterocycles. The van der Waals surface area contributed by atoms with Gasteiger partial charge in [-0.05, 0) is 32.0 Å². The molecular weight excluding hydrogens is 285 g/mol. The van der Waals surface area contributed by atoms with Crippen molar-refractivity contribution in [3.05, 3.63) is 28.2 Å². The van der Waals surface area contributed by atoms with Gasteiger partial charge in [0.25, 0.3) is 0 Å². The first-order valence-corrected chi connectivity index (χ1v) is 6.90. The Morgan fingerprint density at radius 1 is 1.42 bits per heavy atom. The highest BCUT2D eigenvalue weighted by Crippen LogP contribution is 2.26. The molecular formula is C13H17Cl2N3O. The van der Waals surface area contributed by atoms with Crippen LogP contribution < -0.4 is 10.6 Å². The number of rotatable bonds is 1. The molecule has 1 fully saturated rings. The molecule has 0 saturated carbocycles.